The van der Waals surface area contributed by atoms with Crippen LogP contribution in [0.25, 0.3) is 0 Å². The van der Waals surface area contributed by atoms with Gasteiger partial charge in [0.25, 0.3) is 0 Å². The largest absolute Gasteiger partial charge is 0.491 e. The second-order valence-electron chi connectivity index (χ2n) is 5.04. The van der Waals surface area contributed by atoms with E-state index in [1.165, 1.54) is 0 Å². The van der Waals surface area contributed by atoms with Gasteiger partial charge in [-0.2, -0.15) is 0 Å². The van der Waals surface area contributed by atoms with Crippen molar-refractivity contribution in [3.63, 3.8) is 0 Å². The maximum absolute atomic E-state index is 10.3. The lowest BCUT2D eigenvalue weighted by atomic mass is 10.1. The lowest BCUT2D eigenvalue weighted by Gasteiger charge is -2.13. The average molecular weight is 295 g/mol. The first-order valence-electron chi connectivity index (χ1n) is 7.47. The molecule has 3 N–H and O–H groups in total. The Balaban J connectivity index is 1.91. The van der Waals surface area contributed by atoms with Crippen LogP contribution in [0.1, 0.15) is 32.1 Å². The number of hydrogen-bond acceptors (Lipinski definition) is 4. The van der Waals surface area contributed by atoms with Gasteiger partial charge in [-0.1, -0.05) is 31.0 Å². The standard InChI is InChI=1S/C16H25NO4/c18-14(13-21-15-8-4-3-5-9-15)12-17-11-7-2-1-6-10-16(19)20/h3-5,8-9,14,17-18H,1-2,6-7,10-13H2,(H,19,20)/t14-/m0/s1. The van der Waals surface area contributed by atoms with Gasteiger partial charge in [0.05, 0.1) is 0 Å². The molecule has 0 unspecified atom stereocenters. The summed E-state index contributed by atoms with van der Waals surface area (Å²) in [5.41, 5.74) is 0. The summed E-state index contributed by atoms with van der Waals surface area (Å²) in [6, 6.07) is 9.42. The average Bonchev–Trinajstić information content (AvgIpc) is 2.48. The Bertz CT molecular complexity index is 383. The minimum atomic E-state index is -0.727. The van der Waals surface area contributed by atoms with Crippen LogP contribution >= 0.6 is 0 Å². The number of hydrogen-bond donors (Lipinski definition) is 3. The number of rotatable bonds is 12. The molecule has 1 aromatic rings. The molecule has 5 nitrogen and oxygen atoms in total. The number of nitrogens with one attached hydrogen (secondary N) is 1. The Morgan fingerprint density at radius 3 is 2.57 bits per heavy atom. The summed E-state index contributed by atoms with van der Waals surface area (Å²) in [6.45, 7) is 1.60. The van der Waals surface area contributed by atoms with Crippen molar-refractivity contribution >= 4 is 5.97 Å². The molecule has 0 bridgehead atoms. The zero-order chi connectivity index (χ0) is 15.3. The van der Waals surface area contributed by atoms with Crippen LogP contribution in [0.3, 0.4) is 0 Å². The van der Waals surface area contributed by atoms with Gasteiger partial charge in [-0.25, -0.2) is 0 Å². The van der Waals surface area contributed by atoms with Crippen LogP contribution in [0.4, 0.5) is 0 Å². The number of carboxylic acids is 1. The van der Waals surface area contributed by atoms with Crippen LogP contribution in [0.15, 0.2) is 30.3 Å². The number of carbonyl (C=O) groups is 1. The van der Waals surface area contributed by atoms with Crippen LogP contribution in [0, 0.1) is 0 Å². The minimum Gasteiger partial charge on any atom is -0.491 e. The Morgan fingerprint density at radius 1 is 1.14 bits per heavy atom. The molecular formula is C16H25NO4. The van der Waals surface area contributed by atoms with Crippen molar-refractivity contribution in [3.8, 4) is 5.75 Å². The molecule has 0 aliphatic rings. The topological polar surface area (TPSA) is 78.8 Å². The first kappa shape index (κ1) is 17.5. The number of unbranched alkanes of at least 4 members (excludes halogenated alkanes) is 3. The van der Waals surface area contributed by atoms with Crippen molar-refractivity contribution in [1.82, 2.24) is 5.32 Å². The third-order valence-corrected chi connectivity index (χ3v) is 3.06. The lowest BCUT2D eigenvalue weighted by molar-refractivity contribution is -0.137. The smallest absolute Gasteiger partial charge is 0.303 e. The van der Waals surface area contributed by atoms with Crippen LogP contribution in [-0.2, 0) is 4.79 Å². The summed E-state index contributed by atoms with van der Waals surface area (Å²) in [4.78, 5) is 10.3. The monoisotopic (exact) mass is 295 g/mol. The fourth-order valence-electron chi connectivity index (χ4n) is 1.92. The van der Waals surface area contributed by atoms with Gasteiger partial charge < -0.3 is 20.3 Å². The zero-order valence-corrected chi connectivity index (χ0v) is 12.3. The maximum Gasteiger partial charge on any atom is 0.303 e. The number of aliphatic carboxylic acids is 1. The van der Waals surface area contributed by atoms with E-state index in [1.807, 2.05) is 30.3 Å². The van der Waals surface area contributed by atoms with E-state index < -0.39 is 12.1 Å². The molecule has 0 saturated heterocycles. The molecule has 21 heavy (non-hydrogen) atoms. The van der Waals surface area contributed by atoms with E-state index in [1.54, 1.807) is 0 Å². The second-order valence-corrected chi connectivity index (χ2v) is 5.04. The molecule has 5 heteroatoms. The van der Waals surface area contributed by atoms with Crippen LogP contribution in [-0.4, -0.2) is 42.0 Å². The Hall–Kier alpha value is -1.59. The van der Waals surface area contributed by atoms with Crippen molar-refractivity contribution in [2.45, 2.75) is 38.2 Å². The second kappa shape index (κ2) is 11.1. The van der Waals surface area contributed by atoms with Crippen LogP contribution in [0.5, 0.6) is 5.75 Å². The molecule has 0 fully saturated rings. The van der Waals surface area contributed by atoms with E-state index >= 15 is 0 Å². The zero-order valence-electron chi connectivity index (χ0n) is 12.3. The maximum atomic E-state index is 10.3. The Kier molecular flexibility index (Phi) is 9.24. The molecule has 0 amide bonds. The highest BCUT2D eigenvalue weighted by Crippen LogP contribution is 2.08. The fraction of sp³-hybridized carbons (Fsp3) is 0.562. The molecule has 1 rings (SSSR count). The molecular weight excluding hydrogens is 270 g/mol. The van der Waals surface area contributed by atoms with Crippen molar-refractivity contribution in [3.05, 3.63) is 30.3 Å². The summed E-state index contributed by atoms with van der Waals surface area (Å²) in [5.74, 6) is 0.0321. The summed E-state index contributed by atoms with van der Waals surface area (Å²) in [6.07, 6.45) is 3.40. The highest BCUT2D eigenvalue weighted by atomic mass is 16.5. The number of benzene rings is 1. The van der Waals surface area contributed by atoms with Crippen LogP contribution < -0.4 is 10.1 Å². The van der Waals surface area contributed by atoms with E-state index in [9.17, 15) is 9.90 Å². The summed E-state index contributed by atoms with van der Waals surface area (Å²) in [5, 5.41) is 21.4. The van der Waals surface area contributed by atoms with E-state index in [2.05, 4.69) is 5.32 Å². The van der Waals surface area contributed by atoms with E-state index in [-0.39, 0.29) is 13.0 Å². The van der Waals surface area contributed by atoms with Crippen molar-refractivity contribution in [2.75, 3.05) is 19.7 Å². The molecule has 1 atom stereocenters. The fourth-order valence-corrected chi connectivity index (χ4v) is 1.92. The van der Waals surface area contributed by atoms with Crippen molar-refractivity contribution < 1.29 is 19.7 Å². The molecule has 0 aromatic heterocycles. The van der Waals surface area contributed by atoms with E-state index in [0.717, 1.165) is 38.0 Å². The first-order chi connectivity index (χ1) is 10.2. The van der Waals surface area contributed by atoms with Gasteiger partial charge in [0.15, 0.2) is 0 Å². The van der Waals surface area contributed by atoms with E-state index in [0.29, 0.717) is 6.54 Å². The number of aliphatic hydroxyl groups is 1. The van der Waals surface area contributed by atoms with Gasteiger partial charge in [-0.3, -0.25) is 4.79 Å². The number of ether oxygens (including phenoxy) is 1. The first-order valence-corrected chi connectivity index (χ1v) is 7.47. The lowest BCUT2D eigenvalue weighted by Crippen LogP contribution is -2.32. The predicted molar refractivity (Wildman–Crippen MR) is 81.5 cm³/mol. The van der Waals surface area contributed by atoms with Crippen molar-refractivity contribution in [2.24, 2.45) is 0 Å². The molecule has 0 radical (unpaired) electrons. The summed E-state index contributed by atoms with van der Waals surface area (Å²) >= 11 is 0. The summed E-state index contributed by atoms with van der Waals surface area (Å²) < 4.78 is 5.45. The molecule has 0 spiro atoms. The van der Waals surface area contributed by atoms with Gasteiger partial charge in [-0.15, -0.1) is 0 Å². The quantitative estimate of drug-likeness (QED) is 0.514. The van der Waals surface area contributed by atoms with Crippen LogP contribution in [0.2, 0.25) is 0 Å². The summed E-state index contributed by atoms with van der Waals surface area (Å²) in [7, 11) is 0. The SMILES string of the molecule is O=C(O)CCCCCCNC[C@H](O)COc1ccccc1. The highest BCUT2D eigenvalue weighted by molar-refractivity contribution is 5.66. The number of carboxylic acid groups (broad SMARTS) is 1. The minimum absolute atomic E-state index is 0.253. The molecule has 0 saturated carbocycles. The number of aliphatic hydroxyl groups excluding tert-OH is 1. The molecule has 1 aromatic carbocycles. The predicted octanol–water partition coefficient (Wildman–Crippen LogP) is 2.05. The third-order valence-electron chi connectivity index (χ3n) is 3.06. The van der Waals surface area contributed by atoms with Gasteiger partial charge >= 0.3 is 5.97 Å². The van der Waals surface area contributed by atoms with Crippen molar-refractivity contribution in [1.29, 1.82) is 0 Å². The Labute approximate surface area is 125 Å². The Morgan fingerprint density at radius 2 is 1.86 bits per heavy atom. The molecule has 0 heterocycles. The third kappa shape index (κ3) is 9.87. The van der Waals surface area contributed by atoms with E-state index in [4.69, 9.17) is 9.84 Å². The molecule has 118 valence electrons. The molecule has 0 aliphatic heterocycles. The van der Waals surface area contributed by atoms with Gasteiger partial charge in [0, 0.05) is 13.0 Å². The van der Waals surface area contributed by atoms with Gasteiger partial charge in [-0.05, 0) is 31.5 Å². The molecule has 0 aliphatic carbocycles. The van der Waals surface area contributed by atoms with Gasteiger partial charge in [0.2, 0.25) is 0 Å². The van der Waals surface area contributed by atoms with Gasteiger partial charge in [0.1, 0.15) is 18.5 Å². The highest BCUT2D eigenvalue weighted by Gasteiger charge is 2.04. The normalized spacial score (nSPS) is 12.0. The number of para-hydroxylation sites is 1.